The summed E-state index contributed by atoms with van der Waals surface area (Å²) >= 11 is 0. The molecule has 1 aromatic carbocycles. The number of esters is 1. The molecule has 1 amide bonds. The summed E-state index contributed by atoms with van der Waals surface area (Å²) in [7, 11) is -4.52. The molecule has 0 N–H and O–H groups in total. The predicted octanol–water partition coefficient (Wildman–Crippen LogP) is 3.42. The van der Waals surface area contributed by atoms with E-state index in [4.69, 9.17) is 9.47 Å². The number of nitrogens with zero attached hydrogens (tertiary/aromatic N) is 1. The summed E-state index contributed by atoms with van der Waals surface area (Å²) in [6.45, 7) is 5.81. The van der Waals surface area contributed by atoms with Crippen molar-refractivity contribution in [2.75, 3.05) is 13.2 Å². The molecule has 2 atom stereocenters. The van der Waals surface area contributed by atoms with E-state index in [1.165, 1.54) is 6.07 Å². The maximum absolute atomic E-state index is 13.3. The van der Waals surface area contributed by atoms with E-state index in [2.05, 4.69) is 0 Å². The van der Waals surface area contributed by atoms with Crippen LogP contribution >= 0.6 is 0 Å². The second-order valence-electron chi connectivity index (χ2n) is 7.80. The minimum Gasteiger partial charge on any atom is -0.464 e. The van der Waals surface area contributed by atoms with E-state index < -0.39 is 68.4 Å². The fourth-order valence-electron chi connectivity index (χ4n) is 3.13. The van der Waals surface area contributed by atoms with E-state index in [1.54, 1.807) is 27.7 Å². The van der Waals surface area contributed by atoms with Crippen molar-refractivity contribution in [1.29, 1.82) is 0 Å². The van der Waals surface area contributed by atoms with Gasteiger partial charge in [0.05, 0.1) is 22.3 Å². The van der Waals surface area contributed by atoms with Gasteiger partial charge in [0.25, 0.3) is 0 Å². The first-order valence-electron chi connectivity index (χ1n) is 9.25. The van der Waals surface area contributed by atoms with Crippen LogP contribution in [-0.2, 0) is 30.3 Å². The zero-order chi connectivity index (χ0) is 22.9. The molecule has 0 aromatic heterocycles. The first-order valence-corrected chi connectivity index (χ1v) is 10.8. The number of halogens is 3. The Morgan fingerprint density at radius 3 is 2.30 bits per heavy atom. The van der Waals surface area contributed by atoms with Crippen LogP contribution in [0, 0.1) is 0 Å². The van der Waals surface area contributed by atoms with Gasteiger partial charge in [0.15, 0.2) is 9.84 Å². The average Bonchev–Trinajstić information content (AvgIpc) is 3.06. The lowest BCUT2D eigenvalue weighted by atomic mass is 10.2. The van der Waals surface area contributed by atoms with Crippen molar-refractivity contribution in [3.63, 3.8) is 0 Å². The smallest absolute Gasteiger partial charge is 0.417 e. The number of carbonyl (C=O) groups is 2. The maximum atomic E-state index is 13.3. The minimum atomic E-state index is -4.88. The van der Waals surface area contributed by atoms with Crippen LogP contribution in [0.5, 0.6) is 0 Å². The van der Waals surface area contributed by atoms with Gasteiger partial charge in [-0.3, -0.25) is 4.90 Å². The maximum Gasteiger partial charge on any atom is 0.417 e. The molecule has 0 aliphatic carbocycles. The quantitative estimate of drug-likeness (QED) is 0.652. The first-order chi connectivity index (χ1) is 13.7. The van der Waals surface area contributed by atoms with Gasteiger partial charge in [0.2, 0.25) is 0 Å². The van der Waals surface area contributed by atoms with Gasteiger partial charge in [-0.15, -0.1) is 0 Å². The second kappa shape index (κ2) is 8.44. The normalized spacial score (nSPS) is 20.2. The van der Waals surface area contributed by atoms with Crippen LogP contribution in [-0.4, -0.2) is 55.4 Å². The lowest BCUT2D eigenvalue weighted by molar-refractivity contribution is -0.148. The zero-order valence-electron chi connectivity index (χ0n) is 17.0. The molecule has 1 heterocycles. The number of amides is 1. The van der Waals surface area contributed by atoms with Crippen molar-refractivity contribution < 1.29 is 40.7 Å². The number of sulfone groups is 1. The summed E-state index contributed by atoms with van der Waals surface area (Å²) in [5, 5.41) is -1.43. The molecule has 168 valence electrons. The first kappa shape index (κ1) is 24.0. The van der Waals surface area contributed by atoms with Gasteiger partial charge >= 0.3 is 18.2 Å². The molecular formula is C19H24F3NO6S. The van der Waals surface area contributed by atoms with Crippen molar-refractivity contribution >= 4 is 21.9 Å². The molecule has 0 radical (unpaired) electrons. The van der Waals surface area contributed by atoms with Gasteiger partial charge in [-0.25, -0.2) is 18.0 Å². The molecule has 7 nitrogen and oxygen atoms in total. The van der Waals surface area contributed by atoms with E-state index in [0.717, 1.165) is 17.0 Å². The Hall–Kier alpha value is -2.30. The number of benzene rings is 1. The predicted molar refractivity (Wildman–Crippen MR) is 100 cm³/mol. The summed E-state index contributed by atoms with van der Waals surface area (Å²) in [5.41, 5.74) is -2.22. The molecule has 1 aromatic rings. The fraction of sp³-hybridized carbons (Fsp3) is 0.579. The third-order valence-corrected chi connectivity index (χ3v) is 6.58. The lowest BCUT2D eigenvalue weighted by Crippen LogP contribution is -2.44. The number of ether oxygens (including phenoxy) is 2. The number of hydrogen-bond donors (Lipinski definition) is 0. The number of rotatable bonds is 4. The largest absolute Gasteiger partial charge is 0.464 e. The van der Waals surface area contributed by atoms with Crippen molar-refractivity contribution in [2.24, 2.45) is 0 Å². The lowest BCUT2D eigenvalue weighted by Gasteiger charge is -2.27. The monoisotopic (exact) mass is 451 g/mol. The molecule has 1 saturated heterocycles. The Morgan fingerprint density at radius 1 is 1.17 bits per heavy atom. The number of alkyl halides is 3. The highest BCUT2D eigenvalue weighted by Gasteiger charge is 2.49. The Morgan fingerprint density at radius 2 is 1.77 bits per heavy atom. The Bertz CT molecular complexity index is 908. The van der Waals surface area contributed by atoms with Crippen LogP contribution in [0.2, 0.25) is 0 Å². The van der Waals surface area contributed by atoms with Crippen LogP contribution < -0.4 is 0 Å². The standard InChI is InChI=1S/C19H24F3NO6S/c1-5-28-16(24)14-10-12(11-23(14)17(25)29-18(2,3)4)30(26,27)15-9-7-6-8-13(15)19(20,21)22/h6-9,12,14H,5,10-11H2,1-4H3/t12-,14+/m1/s1. The highest BCUT2D eigenvalue weighted by atomic mass is 32.2. The van der Waals surface area contributed by atoms with Crippen LogP contribution in [0.25, 0.3) is 0 Å². The Labute approximate surface area is 173 Å². The van der Waals surface area contributed by atoms with E-state index >= 15 is 0 Å². The number of likely N-dealkylation sites (tertiary alicyclic amines) is 1. The Balaban J connectivity index is 2.43. The molecule has 0 bridgehead atoms. The second-order valence-corrected chi connectivity index (χ2v) is 9.99. The zero-order valence-corrected chi connectivity index (χ0v) is 17.8. The average molecular weight is 451 g/mol. The summed E-state index contributed by atoms with van der Waals surface area (Å²) < 4.78 is 76.3. The molecule has 1 aliphatic rings. The van der Waals surface area contributed by atoms with E-state index in [0.29, 0.717) is 6.07 Å². The summed E-state index contributed by atoms with van der Waals surface area (Å²) in [6, 6.07) is 2.54. The van der Waals surface area contributed by atoms with Crippen LogP contribution in [0.1, 0.15) is 39.7 Å². The van der Waals surface area contributed by atoms with Gasteiger partial charge in [0.1, 0.15) is 11.6 Å². The van der Waals surface area contributed by atoms with Gasteiger partial charge in [-0.2, -0.15) is 13.2 Å². The third kappa shape index (κ3) is 5.24. The molecule has 30 heavy (non-hydrogen) atoms. The molecule has 0 spiro atoms. The van der Waals surface area contributed by atoms with Crippen LogP contribution in [0.4, 0.5) is 18.0 Å². The molecule has 11 heteroatoms. The fourth-order valence-corrected chi connectivity index (χ4v) is 5.05. The van der Waals surface area contributed by atoms with Gasteiger partial charge in [0, 0.05) is 6.54 Å². The van der Waals surface area contributed by atoms with Crippen molar-refractivity contribution in [1.82, 2.24) is 4.90 Å². The number of hydrogen-bond acceptors (Lipinski definition) is 6. The molecule has 0 unspecified atom stereocenters. The highest BCUT2D eigenvalue weighted by molar-refractivity contribution is 7.92. The molecule has 2 rings (SSSR count). The van der Waals surface area contributed by atoms with Crippen LogP contribution in [0.15, 0.2) is 29.2 Å². The summed E-state index contributed by atoms with van der Waals surface area (Å²) in [6.07, 6.45) is -6.22. The van der Waals surface area contributed by atoms with Gasteiger partial charge in [-0.05, 0) is 46.2 Å². The topological polar surface area (TPSA) is 90.0 Å². The minimum absolute atomic E-state index is 0.00812. The van der Waals surface area contributed by atoms with E-state index in [1.807, 2.05) is 0 Å². The molecule has 1 aliphatic heterocycles. The van der Waals surface area contributed by atoms with E-state index in [9.17, 15) is 31.2 Å². The third-order valence-electron chi connectivity index (χ3n) is 4.39. The molecule has 0 saturated carbocycles. The van der Waals surface area contributed by atoms with Gasteiger partial charge in [-0.1, -0.05) is 12.1 Å². The number of carbonyl (C=O) groups excluding carboxylic acids is 2. The Kier molecular flexibility index (Phi) is 6.75. The van der Waals surface area contributed by atoms with Crippen LogP contribution in [0.3, 0.4) is 0 Å². The van der Waals surface area contributed by atoms with Crippen molar-refractivity contribution in [2.45, 2.75) is 62.1 Å². The highest BCUT2D eigenvalue weighted by Crippen LogP contribution is 2.37. The molecular weight excluding hydrogens is 427 g/mol. The summed E-state index contributed by atoms with van der Waals surface area (Å²) in [5.74, 6) is -0.842. The summed E-state index contributed by atoms with van der Waals surface area (Å²) in [4.78, 5) is 24.9. The van der Waals surface area contributed by atoms with Gasteiger partial charge < -0.3 is 9.47 Å². The molecule has 1 fully saturated rings. The van der Waals surface area contributed by atoms with E-state index in [-0.39, 0.29) is 6.61 Å². The SMILES string of the molecule is CCOC(=O)[C@@H]1C[C@@H](S(=O)(=O)c2ccccc2C(F)(F)F)CN1C(=O)OC(C)(C)C. The van der Waals surface area contributed by atoms with Crippen molar-refractivity contribution in [3.8, 4) is 0 Å². The van der Waals surface area contributed by atoms with Crippen molar-refractivity contribution in [3.05, 3.63) is 29.8 Å².